The van der Waals surface area contributed by atoms with Gasteiger partial charge in [0.2, 0.25) is 0 Å². The number of sulfone groups is 1. The van der Waals surface area contributed by atoms with Crippen molar-refractivity contribution in [2.45, 2.75) is 30.2 Å². The summed E-state index contributed by atoms with van der Waals surface area (Å²) < 4.78 is 27.0. The number of aromatic nitrogens is 2. The molecule has 0 aromatic carbocycles. The van der Waals surface area contributed by atoms with Gasteiger partial charge in [0.25, 0.3) is 0 Å². The maximum absolute atomic E-state index is 11.5. The third-order valence-corrected chi connectivity index (χ3v) is 5.09. The van der Waals surface area contributed by atoms with Crippen LogP contribution in [0.2, 0.25) is 0 Å². The highest BCUT2D eigenvalue weighted by Gasteiger charge is 2.24. The number of hydrogen-bond acceptors (Lipinski definition) is 5. The summed E-state index contributed by atoms with van der Waals surface area (Å²) in [5.41, 5.74) is 0.494. The highest BCUT2D eigenvalue weighted by molar-refractivity contribution is 7.93. The normalized spacial score (nSPS) is 12.3. The number of hydrogen-bond donors (Lipinski definition) is 0. The second kappa shape index (κ2) is 3.10. The van der Waals surface area contributed by atoms with Crippen molar-refractivity contribution in [1.29, 1.82) is 0 Å². The zero-order valence-corrected chi connectivity index (χ0v) is 8.74. The van der Waals surface area contributed by atoms with Gasteiger partial charge in [0.05, 0.1) is 10.9 Å². The second-order valence-electron chi connectivity index (χ2n) is 2.74. The van der Waals surface area contributed by atoms with Crippen molar-refractivity contribution in [2.24, 2.45) is 0 Å². The summed E-state index contributed by atoms with van der Waals surface area (Å²) >= 11 is 0.936. The molecule has 0 fully saturated rings. The van der Waals surface area contributed by atoms with Gasteiger partial charge in [-0.05, 0) is 20.8 Å². The molecule has 0 bridgehead atoms. The fourth-order valence-corrected chi connectivity index (χ4v) is 3.08. The smallest absolute Gasteiger partial charge is 0.193 e. The van der Waals surface area contributed by atoms with Crippen molar-refractivity contribution in [2.75, 3.05) is 0 Å². The Morgan fingerprint density at radius 3 is 2.33 bits per heavy atom. The maximum atomic E-state index is 11.5. The molecule has 0 spiro atoms. The Bertz CT molecular complexity index is 367. The average molecular weight is 206 g/mol. The first-order valence-corrected chi connectivity index (χ1v) is 5.81. The lowest BCUT2D eigenvalue weighted by molar-refractivity contribution is 0.588. The van der Waals surface area contributed by atoms with Crippen LogP contribution in [0.3, 0.4) is 0 Å². The van der Waals surface area contributed by atoms with Gasteiger partial charge in [0, 0.05) is 11.5 Å². The Kier molecular flexibility index (Phi) is 2.48. The van der Waals surface area contributed by atoms with Crippen LogP contribution in [0.4, 0.5) is 0 Å². The zero-order chi connectivity index (χ0) is 9.35. The molecule has 6 heteroatoms. The molecule has 0 aliphatic rings. The first-order valence-electron chi connectivity index (χ1n) is 3.49. The van der Waals surface area contributed by atoms with Crippen molar-refractivity contribution >= 4 is 21.4 Å². The van der Waals surface area contributed by atoms with E-state index < -0.39 is 15.1 Å². The van der Waals surface area contributed by atoms with Crippen LogP contribution in [0.15, 0.2) is 4.21 Å². The molecule has 1 heterocycles. The van der Waals surface area contributed by atoms with Crippen LogP contribution in [0.5, 0.6) is 0 Å². The molecule has 0 saturated carbocycles. The Balaban J connectivity index is 3.24. The van der Waals surface area contributed by atoms with Gasteiger partial charge in [0.15, 0.2) is 14.0 Å². The van der Waals surface area contributed by atoms with Gasteiger partial charge in [-0.2, -0.15) is 0 Å². The van der Waals surface area contributed by atoms with Crippen molar-refractivity contribution in [3.63, 3.8) is 0 Å². The first kappa shape index (κ1) is 9.60. The van der Waals surface area contributed by atoms with E-state index in [0.29, 0.717) is 5.69 Å². The molecular formula is C6H10N2O2S2. The van der Waals surface area contributed by atoms with E-state index in [-0.39, 0.29) is 4.21 Å². The molecule has 0 saturated heterocycles. The van der Waals surface area contributed by atoms with E-state index in [1.807, 2.05) is 0 Å². The summed E-state index contributed by atoms with van der Waals surface area (Å²) in [6.45, 7) is 4.95. The third-order valence-electron chi connectivity index (χ3n) is 1.49. The predicted molar refractivity (Wildman–Crippen MR) is 47.0 cm³/mol. The fraction of sp³-hybridized carbons (Fsp3) is 0.667. The van der Waals surface area contributed by atoms with Gasteiger partial charge in [-0.1, -0.05) is 4.49 Å². The average Bonchev–Trinajstić information content (AvgIpc) is 2.35. The highest BCUT2D eigenvalue weighted by atomic mass is 32.2. The van der Waals surface area contributed by atoms with Crippen LogP contribution in [-0.4, -0.2) is 23.3 Å². The van der Waals surface area contributed by atoms with Crippen LogP contribution in [0, 0.1) is 6.92 Å². The highest BCUT2D eigenvalue weighted by Crippen LogP contribution is 2.21. The Morgan fingerprint density at radius 1 is 1.42 bits per heavy atom. The monoisotopic (exact) mass is 206 g/mol. The van der Waals surface area contributed by atoms with Crippen molar-refractivity contribution in [3.8, 4) is 0 Å². The minimum absolute atomic E-state index is 0.289. The molecule has 1 aromatic heterocycles. The minimum Gasteiger partial charge on any atom is -0.222 e. The molecule has 0 N–H and O–H groups in total. The molecule has 0 aliphatic carbocycles. The molecule has 1 aromatic rings. The van der Waals surface area contributed by atoms with Crippen molar-refractivity contribution in [3.05, 3.63) is 5.69 Å². The minimum atomic E-state index is -3.17. The van der Waals surface area contributed by atoms with Gasteiger partial charge >= 0.3 is 0 Å². The molecule has 0 radical (unpaired) electrons. The second-order valence-corrected chi connectivity index (χ2v) is 6.19. The van der Waals surface area contributed by atoms with Crippen LogP contribution >= 0.6 is 11.5 Å². The largest absolute Gasteiger partial charge is 0.222 e. The summed E-state index contributed by atoms with van der Waals surface area (Å²) in [6, 6.07) is 0. The SMILES string of the molecule is Cc1nnsc1S(=O)(=O)C(C)C. The van der Waals surface area contributed by atoms with Crippen molar-refractivity contribution in [1.82, 2.24) is 9.59 Å². The lowest BCUT2D eigenvalue weighted by Crippen LogP contribution is -2.13. The van der Waals surface area contributed by atoms with Gasteiger partial charge in [-0.15, -0.1) is 5.10 Å². The molecule has 0 amide bonds. The molecule has 68 valence electrons. The topological polar surface area (TPSA) is 59.9 Å². The van der Waals surface area contributed by atoms with E-state index in [4.69, 9.17) is 0 Å². The fourth-order valence-electron chi connectivity index (χ4n) is 0.698. The molecule has 0 unspecified atom stereocenters. The Morgan fingerprint density at radius 2 is 2.00 bits per heavy atom. The summed E-state index contributed by atoms with van der Waals surface area (Å²) in [5, 5.41) is 3.25. The van der Waals surface area contributed by atoms with Crippen molar-refractivity contribution < 1.29 is 8.42 Å². The quantitative estimate of drug-likeness (QED) is 0.725. The lowest BCUT2D eigenvalue weighted by atomic mass is 10.6. The number of rotatable bonds is 2. The van der Waals surface area contributed by atoms with Gasteiger partial charge in [-0.3, -0.25) is 0 Å². The van der Waals surface area contributed by atoms with Crippen LogP contribution in [-0.2, 0) is 9.84 Å². The third kappa shape index (κ3) is 1.49. The summed E-state index contributed by atoms with van der Waals surface area (Å²) in [4.78, 5) is 0. The van der Waals surface area contributed by atoms with Crippen LogP contribution in [0.25, 0.3) is 0 Å². The van der Waals surface area contributed by atoms with Crippen LogP contribution < -0.4 is 0 Å². The summed E-state index contributed by atoms with van der Waals surface area (Å²) in [6.07, 6.45) is 0. The Labute approximate surface area is 75.7 Å². The summed E-state index contributed by atoms with van der Waals surface area (Å²) in [7, 11) is -3.17. The van der Waals surface area contributed by atoms with E-state index in [2.05, 4.69) is 9.59 Å². The maximum Gasteiger partial charge on any atom is 0.193 e. The Hall–Kier alpha value is -0.490. The van der Waals surface area contributed by atoms with E-state index in [0.717, 1.165) is 11.5 Å². The van der Waals surface area contributed by atoms with Gasteiger partial charge < -0.3 is 0 Å². The summed E-state index contributed by atoms with van der Waals surface area (Å²) in [5.74, 6) is 0. The number of nitrogens with zero attached hydrogens (tertiary/aromatic N) is 2. The predicted octanol–water partition coefficient (Wildman–Crippen LogP) is 1.03. The molecule has 4 nitrogen and oxygen atoms in total. The molecule has 1 rings (SSSR count). The van der Waals surface area contributed by atoms with E-state index >= 15 is 0 Å². The molecule has 12 heavy (non-hydrogen) atoms. The molecular weight excluding hydrogens is 196 g/mol. The van der Waals surface area contributed by atoms with E-state index in [1.165, 1.54) is 0 Å². The van der Waals surface area contributed by atoms with Gasteiger partial charge in [0.1, 0.15) is 0 Å². The van der Waals surface area contributed by atoms with Crippen LogP contribution in [0.1, 0.15) is 19.5 Å². The van der Waals surface area contributed by atoms with E-state index in [9.17, 15) is 8.42 Å². The molecule has 0 aliphatic heterocycles. The molecule has 0 atom stereocenters. The lowest BCUT2D eigenvalue weighted by Gasteiger charge is -2.03. The first-order chi connectivity index (χ1) is 5.46. The zero-order valence-electron chi connectivity index (χ0n) is 7.10. The number of aryl methyl sites for hydroxylation is 1. The van der Waals surface area contributed by atoms with Gasteiger partial charge in [-0.25, -0.2) is 8.42 Å². The van der Waals surface area contributed by atoms with E-state index in [1.54, 1.807) is 20.8 Å². The standard InChI is InChI=1S/C6H10N2O2S2/c1-4(2)12(9,10)6-5(3)7-8-11-6/h4H,1-3H3.